The first kappa shape index (κ1) is 25.6. The quantitative estimate of drug-likeness (QED) is 0.270. The number of nitrogens with zero attached hydrogens (tertiary/aromatic N) is 5. The van der Waals surface area contributed by atoms with Gasteiger partial charge in [-0.05, 0) is 80.1 Å². The Morgan fingerprint density at radius 2 is 1.79 bits per heavy atom. The summed E-state index contributed by atoms with van der Waals surface area (Å²) in [6.07, 6.45) is 5.10. The molecule has 4 N–H and O–H groups in total. The number of carboxylic acids is 1. The molecule has 10 nitrogen and oxygen atoms in total. The third-order valence-corrected chi connectivity index (χ3v) is 7.51. The van der Waals surface area contributed by atoms with Crippen LogP contribution in [0.15, 0.2) is 42.6 Å². The van der Waals surface area contributed by atoms with Gasteiger partial charge in [0.05, 0.1) is 17.8 Å². The average Bonchev–Trinajstić information content (AvgIpc) is 3.45. The first-order chi connectivity index (χ1) is 18.2. The molecule has 2 aromatic heterocycles. The molecule has 4 aromatic rings. The van der Waals surface area contributed by atoms with Crippen LogP contribution >= 0.6 is 0 Å². The summed E-state index contributed by atoms with van der Waals surface area (Å²) in [6, 6.07) is 10.5. The third kappa shape index (κ3) is 5.04. The number of hydrogen-bond acceptors (Lipinski definition) is 7. The molecule has 3 heterocycles. The zero-order chi connectivity index (χ0) is 27.0. The average molecular weight is 520 g/mol. The number of phenolic OH excluding ortho intramolecular Hbond substituents is 2. The fraction of sp³-hybridized carbons (Fsp3) is 0.393. The van der Waals surface area contributed by atoms with E-state index >= 15 is 0 Å². The number of phenols is 2. The maximum absolute atomic E-state index is 10.9. The third-order valence-electron chi connectivity index (χ3n) is 7.51. The predicted octanol–water partition coefficient (Wildman–Crippen LogP) is 4.32. The SMILES string of the molecule is CC(C)c1cc(-c2nnc(O)n2-c2ccc3c(ccn3CCC3CCN(CC(=O)O)CC3)c2)c(O)cc1O. The number of piperidine rings is 1. The Balaban J connectivity index is 1.36. The zero-order valence-electron chi connectivity index (χ0n) is 21.6. The van der Waals surface area contributed by atoms with Gasteiger partial charge in [-0.2, -0.15) is 0 Å². The van der Waals surface area contributed by atoms with Gasteiger partial charge in [0.2, 0.25) is 0 Å². The topological polar surface area (TPSA) is 137 Å². The van der Waals surface area contributed by atoms with E-state index in [9.17, 15) is 20.1 Å². The van der Waals surface area contributed by atoms with Crippen LogP contribution in [0.1, 0.15) is 44.6 Å². The van der Waals surface area contributed by atoms with Crippen molar-refractivity contribution in [2.45, 2.75) is 45.6 Å². The predicted molar refractivity (Wildman–Crippen MR) is 143 cm³/mol. The van der Waals surface area contributed by atoms with Crippen LogP contribution in [0.3, 0.4) is 0 Å². The van der Waals surface area contributed by atoms with Crippen molar-refractivity contribution >= 4 is 16.9 Å². The molecule has 0 aliphatic carbocycles. The highest BCUT2D eigenvalue weighted by Crippen LogP contribution is 2.39. The van der Waals surface area contributed by atoms with Crippen LogP contribution in [0.2, 0.25) is 0 Å². The number of aromatic nitrogens is 4. The van der Waals surface area contributed by atoms with Crippen LogP contribution in [0, 0.1) is 5.92 Å². The lowest BCUT2D eigenvalue weighted by atomic mass is 9.93. The molecule has 1 aliphatic rings. The van der Waals surface area contributed by atoms with Gasteiger partial charge < -0.3 is 25.0 Å². The Morgan fingerprint density at radius 3 is 2.50 bits per heavy atom. The molecule has 10 heteroatoms. The second kappa shape index (κ2) is 10.4. The second-order valence-electron chi connectivity index (χ2n) is 10.4. The van der Waals surface area contributed by atoms with E-state index in [0.717, 1.165) is 49.8 Å². The Morgan fingerprint density at radius 1 is 1.03 bits per heavy atom. The molecule has 0 saturated carbocycles. The smallest absolute Gasteiger partial charge is 0.319 e. The van der Waals surface area contributed by atoms with Crippen molar-refractivity contribution in [1.82, 2.24) is 24.2 Å². The largest absolute Gasteiger partial charge is 0.508 e. The van der Waals surface area contributed by atoms with Gasteiger partial charge in [-0.25, -0.2) is 4.57 Å². The Labute approximate surface area is 220 Å². The molecule has 0 radical (unpaired) electrons. The van der Waals surface area contributed by atoms with E-state index in [1.165, 1.54) is 10.6 Å². The van der Waals surface area contributed by atoms with Crippen molar-refractivity contribution in [1.29, 1.82) is 0 Å². The van der Waals surface area contributed by atoms with Gasteiger partial charge in [0.1, 0.15) is 11.5 Å². The van der Waals surface area contributed by atoms with Crippen LogP contribution < -0.4 is 0 Å². The standard InChI is InChI=1S/C28H33N5O5/c1-17(2)21-14-22(25(35)15-24(21)34)27-29-30-28(38)33(27)20-3-4-23-19(13-20)8-12-32(23)11-7-18-5-9-31(10-6-18)16-26(36)37/h3-4,8,12-15,17-18,34-35H,5-7,9-11,16H2,1-2H3,(H,30,38)(H,36,37). The summed E-state index contributed by atoms with van der Waals surface area (Å²) in [5.41, 5.74) is 2.75. The summed E-state index contributed by atoms with van der Waals surface area (Å²) >= 11 is 0. The summed E-state index contributed by atoms with van der Waals surface area (Å²) < 4.78 is 3.70. The summed E-state index contributed by atoms with van der Waals surface area (Å²) in [4.78, 5) is 12.9. The maximum atomic E-state index is 10.9. The van der Waals surface area contributed by atoms with Crippen LogP contribution in [0.25, 0.3) is 28.0 Å². The van der Waals surface area contributed by atoms with E-state index in [0.29, 0.717) is 22.7 Å². The lowest BCUT2D eigenvalue weighted by Gasteiger charge is -2.30. The molecule has 0 spiro atoms. The minimum Gasteiger partial charge on any atom is -0.508 e. The number of benzene rings is 2. The number of likely N-dealkylation sites (tertiary alicyclic amines) is 1. The number of fused-ring (bicyclic) bond motifs is 1. The minimum atomic E-state index is -0.770. The lowest BCUT2D eigenvalue weighted by Crippen LogP contribution is -2.37. The van der Waals surface area contributed by atoms with Crippen molar-refractivity contribution < 1.29 is 25.2 Å². The van der Waals surface area contributed by atoms with Gasteiger partial charge in [-0.3, -0.25) is 9.69 Å². The summed E-state index contributed by atoms with van der Waals surface area (Å²) in [6.45, 7) is 6.53. The summed E-state index contributed by atoms with van der Waals surface area (Å²) in [5.74, 6) is -0.0509. The van der Waals surface area contributed by atoms with Gasteiger partial charge in [0, 0.05) is 29.7 Å². The number of hydrogen-bond donors (Lipinski definition) is 4. The second-order valence-corrected chi connectivity index (χ2v) is 10.4. The van der Waals surface area contributed by atoms with Crippen LogP contribution in [-0.4, -0.2) is 70.3 Å². The van der Waals surface area contributed by atoms with E-state index in [2.05, 4.69) is 21.0 Å². The summed E-state index contributed by atoms with van der Waals surface area (Å²) in [5, 5.41) is 49.3. The van der Waals surface area contributed by atoms with E-state index in [1.807, 2.05) is 43.0 Å². The molecular weight excluding hydrogens is 486 g/mol. The van der Waals surface area contributed by atoms with Crippen molar-refractivity contribution in [2.75, 3.05) is 19.6 Å². The number of aliphatic carboxylic acids is 1. The van der Waals surface area contributed by atoms with E-state index < -0.39 is 5.97 Å². The molecule has 1 saturated heterocycles. The normalized spacial score (nSPS) is 15.0. The minimum absolute atomic E-state index is 0.00473. The highest BCUT2D eigenvalue weighted by atomic mass is 16.4. The maximum Gasteiger partial charge on any atom is 0.319 e. The van der Waals surface area contributed by atoms with E-state index in [-0.39, 0.29) is 35.8 Å². The number of rotatable bonds is 8. The van der Waals surface area contributed by atoms with Crippen molar-refractivity contribution in [2.24, 2.45) is 5.92 Å². The zero-order valence-corrected chi connectivity index (χ0v) is 21.6. The first-order valence-electron chi connectivity index (χ1n) is 12.9. The Kier molecular flexibility index (Phi) is 6.98. The molecule has 1 fully saturated rings. The molecule has 0 bridgehead atoms. The molecule has 0 amide bonds. The molecule has 0 unspecified atom stereocenters. The van der Waals surface area contributed by atoms with Crippen molar-refractivity contribution in [3.8, 4) is 34.6 Å². The van der Waals surface area contributed by atoms with Gasteiger partial charge in [0.15, 0.2) is 5.82 Å². The molecule has 5 rings (SSSR count). The molecule has 1 aliphatic heterocycles. The molecule has 0 atom stereocenters. The fourth-order valence-electron chi connectivity index (χ4n) is 5.39. The monoisotopic (exact) mass is 519 g/mol. The van der Waals surface area contributed by atoms with E-state index in [1.54, 1.807) is 6.07 Å². The van der Waals surface area contributed by atoms with Crippen LogP contribution in [-0.2, 0) is 11.3 Å². The summed E-state index contributed by atoms with van der Waals surface area (Å²) in [7, 11) is 0. The van der Waals surface area contributed by atoms with Gasteiger partial charge in [0.25, 0.3) is 0 Å². The molecular formula is C28H33N5O5. The molecule has 200 valence electrons. The number of carbonyl (C=O) groups is 1. The highest BCUT2D eigenvalue weighted by molar-refractivity contribution is 5.83. The number of aromatic hydroxyl groups is 3. The molecule has 2 aromatic carbocycles. The molecule has 38 heavy (non-hydrogen) atoms. The van der Waals surface area contributed by atoms with Gasteiger partial charge in [-0.1, -0.05) is 18.9 Å². The fourth-order valence-corrected chi connectivity index (χ4v) is 5.39. The first-order valence-corrected chi connectivity index (χ1v) is 12.9. The van der Waals surface area contributed by atoms with Crippen LogP contribution in [0.4, 0.5) is 0 Å². The van der Waals surface area contributed by atoms with Gasteiger partial charge >= 0.3 is 12.0 Å². The van der Waals surface area contributed by atoms with Crippen molar-refractivity contribution in [3.05, 3.63) is 48.2 Å². The van der Waals surface area contributed by atoms with Crippen LogP contribution in [0.5, 0.6) is 17.5 Å². The Hall–Kier alpha value is -4.05. The van der Waals surface area contributed by atoms with E-state index in [4.69, 9.17) is 5.11 Å². The Bertz CT molecular complexity index is 1470. The number of aryl methyl sites for hydroxylation is 1. The van der Waals surface area contributed by atoms with Crippen molar-refractivity contribution in [3.63, 3.8) is 0 Å². The highest BCUT2D eigenvalue weighted by Gasteiger charge is 2.22. The van der Waals surface area contributed by atoms with Gasteiger partial charge in [-0.15, -0.1) is 5.10 Å². The lowest BCUT2D eigenvalue weighted by molar-refractivity contribution is -0.138. The number of carboxylic acid groups (broad SMARTS) is 1.